The van der Waals surface area contributed by atoms with E-state index in [2.05, 4.69) is 21.2 Å². The van der Waals surface area contributed by atoms with Crippen LogP contribution in [0.25, 0.3) is 0 Å². The van der Waals surface area contributed by atoms with E-state index in [4.69, 9.17) is 9.47 Å². The SMILES string of the molecule is COc1cc(Br)c(CNCC(=O)N2CCCC2)cc1OC. The molecular formula is C15H21BrN2O3. The van der Waals surface area contributed by atoms with Gasteiger partial charge in [0.05, 0.1) is 20.8 Å². The molecule has 1 saturated heterocycles. The zero-order chi connectivity index (χ0) is 15.2. The largest absolute Gasteiger partial charge is 0.493 e. The minimum absolute atomic E-state index is 0.170. The number of benzene rings is 1. The third-order valence-electron chi connectivity index (χ3n) is 3.60. The van der Waals surface area contributed by atoms with Gasteiger partial charge >= 0.3 is 0 Å². The summed E-state index contributed by atoms with van der Waals surface area (Å²) < 4.78 is 11.5. The standard InChI is InChI=1S/C15H21BrN2O3/c1-20-13-7-11(12(16)8-14(13)21-2)9-17-10-15(19)18-5-3-4-6-18/h7-8,17H,3-6,9-10H2,1-2H3. The Morgan fingerprint density at radius 3 is 2.48 bits per heavy atom. The molecule has 0 radical (unpaired) electrons. The number of hydrogen-bond donors (Lipinski definition) is 1. The van der Waals surface area contributed by atoms with Gasteiger partial charge in [-0.1, -0.05) is 15.9 Å². The Bertz CT molecular complexity index is 502. The lowest BCUT2D eigenvalue weighted by Gasteiger charge is -2.16. The van der Waals surface area contributed by atoms with Gasteiger partial charge in [0.25, 0.3) is 0 Å². The van der Waals surface area contributed by atoms with Gasteiger partial charge < -0.3 is 19.7 Å². The second kappa shape index (κ2) is 7.66. The van der Waals surface area contributed by atoms with Crippen LogP contribution in [-0.4, -0.2) is 44.7 Å². The second-order valence-electron chi connectivity index (χ2n) is 4.99. The number of nitrogens with one attached hydrogen (secondary N) is 1. The predicted molar refractivity (Wildman–Crippen MR) is 84.8 cm³/mol. The van der Waals surface area contributed by atoms with Crippen molar-refractivity contribution in [2.75, 3.05) is 33.9 Å². The number of likely N-dealkylation sites (tertiary alicyclic amines) is 1. The maximum atomic E-state index is 12.0. The van der Waals surface area contributed by atoms with E-state index >= 15 is 0 Å². The Morgan fingerprint density at radius 1 is 1.24 bits per heavy atom. The first-order valence-electron chi connectivity index (χ1n) is 7.04. The van der Waals surface area contributed by atoms with Crippen LogP contribution in [0.5, 0.6) is 11.5 Å². The number of carbonyl (C=O) groups excluding carboxylic acids is 1. The molecule has 1 amide bonds. The Hall–Kier alpha value is -1.27. The van der Waals surface area contributed by atoms with Crippen molar-refractivity contribution in [3.63, 3.8) is 0 Å². The molecular weight excluding hydrogens is 336 g/mol. The van der Waals surface area contributed by atoms with Crippen LogP contribution in [0.4, 0.5) is 0 Å². The van der Waals surface area contributed by atoms with Crippen LogP contribution >= 0.6 is 15.9 Å². The minimum Gasteiger partial charge on any atom is -0.493 e. The van der Waals surface area contributed by atoms with Crippen LogP contribution in [0.3, 0.4) is 0 Å². The molecule has 116 valence electrons. The molecule has 2 rings (SSSR count). The van der Waals surface area contributed by atoms with Crippen LogP contribution in [-0.2, 0) is 11.3 Å². The highest BCUT2D eigenvalue weighted by Gasteiger charge is 2.17. The summed E-state index contributed by atoms with van der Waals surface area (Å²) in [5.74, 6) is 1.54. The van der Waals surface area contributed by atoms with Crippen molar-refractivity contribution in [1.82, 2.24) is 10.2 Å². The number of amides is 1. The van der Waals surface area contributed by atoms with E-state index in [1.54, 1.807) is 14.2 Å². The minimum atomic E-state index is 0.170. The fourth-order valence-corrected chi connectivity index (χ4v) is 2.88. The van der Waals surface area contributed by atoms with Crippen molar-refractivity contribution in [3.8, 4) is 11.5 Å². The number of nitrogens with zero attached hydrogens (tertiary/aromatic N) is 1. The van der Waals surface area contributed by atoms with Crippen molar-refractivity contribution in [1.29, 1.82) is 0 Å². The van der Waals surface area contributed by atoms with Gasteiger partial charge in [0.2, 0.25) is 5.91 Å². The quantitative estimate of drug-likeness (QED) is 0.848. The average molecular weight is 357 g/mol. The van der Waals surface area contributed by atoms with Gasteiger partial charge in [-0.3, -0.25) is 4.79 Å². The van der Waals surface area contributed by atoms with Gasteiger partial charge in [0, 0.05) is 24.1 Å². The van der Waals surface area contributed by atoms with Crippen LogP contribution in [0.1, 0.15) is 18.4 Å². The molecule has 1 aliphatic heterocycles. The molecule has 1 aromatic carbocycles. The number of hydrogen-bond acceptors (Lipinski definition) is 4. The number of carbonyl (C=O) groups is 1. The Balaban J connectivity index is 1.92. The molecule has 1 heterocycles. The highest BCUT2D eigenvalue weighted by Crippen LogP contribution is 2.33. The van der Waals surface area contributed by atoms with Gasteiger partial charge in [0.1, 0.15) is 0 Å². The topological polar surface area (TPSA) is 50.8 Å². The third kappa shape index (κ3) is 4.11. The average Bonchev–Trinajstić information content (AvgIpc) is 3.02. The lowest BCUT2D eigenvalue weighted by Crippen LogP contribution is -2.36. The van der Waals surface area contributed by atoms with E-state index < -0.39 is 0 Å². The number of methoxy groups -OCH3 is 2. The summed E-state index contributed by atoms with van der Waals surface area (Å²) in [4.78, 5) is 13.9. The smallest absolute Gasteiger partial charge is 0.236 e. The fourth-order valence-electron chi connectivity index (χ4n) is 2.41. The normalized spacial score (nSPS) is 14.3. The summed E-state index contributed by atoms with van der Waals surface area (Å²) in [7, 11) is 3.22. The molecule has 0 unspecified atom stereocenters. The molecule has 1 N–H and O–H groups in total. The van der Waals surface area contributed by atoms with E-state index in [0.717, 1.165) is 36.0 Å². The molecule has 5 nitrogen and oxygen atoms in total. The maximum absolute atomic E-state index is 12.0. The first kappa shape index (κ1) is 16.1. The van der Waals surface area contributed by atoms with Crippen molar-refractivity contribution in [3.05, 3.63) is 22.2 Å². The van der Waals surface area contributed by atoms with Crippen LogP contribution in [0.2, 0.25) is 0 Å². The number of rotatable bonds is 6. The van der Waals surface area contributed by atoms with Gasteiger partial charge in [-0.25, -0.2) is 0 Å². The van der Waals surface area contributed by atoms with Crippen LogP contribution < -0.4 is 14.8 Å². The van der Waals surface area contributed by atoms with Crippen molar-refractivity contribution < 1.29 is 14.3 Å². The van der Waals surface area contributed by atoms with E-state index in [9.17, 15) is 4.79 Å². The Kier molecular flexibility index (Phi) is 5.87. The predicted octanol–water partition coefficient (Wildman–Crippen LogP) is 2.18. The van der Waals surface area contributed by atoms with E-state index in [1.807, 2.05) is 17.0 Å². The number of halogens is 1. The first-order valence-corrected chi connectivity index (χ1v) is 7.84. The maximum Gasteiger partial charge on any atom is 0.236 e. The van der Waals surface area contributed by atoms with Crippen molar-refractivity contribution in [2.45, 2.75) is 19.4 Å². The van der Waals surface area contributed by atoms with E-state index in [0.29, 0.717) is 24.6 Å². The molecule has 0 saturated carbocycles. The highest BCUT2D eigenvalue weighted by molar-refractivity contribution is 9.10. The fraction of sp³-hybridized carbons (Fsp3) is 0.533. The first-order chi connectivity index (χ1) is 10.2. The van der Waals surface area contributed by atoms with E-state index in [1.165, 1.54) is 0 Å². The molecule has 21 heavy (non-hydrogen) atoms. The molecule has 0 bridgehead atoms. The Morgan fingerprint density at radius 2 is 1.86 bits per heavy atom. The van der Waals surface area contributed by atoms with Gasteiger partial charge in [-0.2, -0.15) is 0 Å². The summed E-state index contributed by atoms with van der Waals surface area (Å²) in [5.41, 5.74) is 1.03. The second-order valence-corrected chi connectivity index (χ2v) is 5.84. The van der Waals surface area contributed by atoms with Crippen molar-refractivity contribution in [2.24, 2.45) is 0 Å². The lowest BCUT2D eigenvalue weighted by atomic mass is 10.2. The van der Waals surface area contributed by atoms with Crippen LogP contribution in [0, 0.1) is 0 Å². The summed E-state index contributed by atoms with van der Waals surface area (Å²) in [6.07, 6.45) is 2.24. The molecule has 1 aliphatic rings. The van der Waals surface area contributed by atoms with Gasteiger partial charge in [0.15, 0.2) is 11.5 Å². The Labute approximate surface area is 133 Å². The summed E-state index contributed by atoms with van der Waals surface area (Å²) in [6, 6.07) is 3.79. The molecule has 0 aromatic heterocycles. The van der Waals surface area contributed by atoms with Crippen molar-refractivity contribution >= 4 is 21.8 Å². The summed E-state index contributed by atoms with van der Waals surface area (Å²) >= 11 is 3.51. The monoisotopic (exact) mass is 356 g/mol. The number of ether oxygens (including phenoxy) is 2. The molecule has 1 fully saturated rings. The lowest BCUT2D eigenvalue weighted by molar-refractivity contribution is -0.129. The van der Waals surface area contributed by atoms with Gasteiger partial charge in [-0.15, -0.1) is 0 Å². The molecule has 0 aliphatic carbocycles. The zero-order valence-corrected chi connectivity index (χ0v) is 14.0. The summed E-state index contributed by atoms with van der Waals surface area (Å²) in [5, 5.41) is 3.19. The summed E-state index contributed by atoms with van der Waals surface area (Å²) in [6.45, 7) is 2.74. The molecule has 0 atom stereocenters. The molecule has 6 heteroatoms. The van der Waals surface area contributed by atoms with E-state index in [-0.39, 0.29) is 5.91 Å². The third-order valence-corrected chi connectivity index (χ3v) is 4.34. The molecule has 0 spiro atoms. The molecule has 1 aromatic rings. The zero-order valence-electron chi connectivity index (χ0n) is 12.4. The highest BCUT2D eigenvalue weighted by atomic mass is 79.9. The van der Waals surface area contributed by atoms with Crippen LogP contribution in [0.15, 0.2) is 16.6 Å². The van der Waals surface area contributed by atoms with Gasteiger partial charge in [-0.05, 0) is 30.5 Å².